The molecule has 0 amide bonds. The molecule has 113 heavy (non-hydrogen) atoms. The van der Waals surface area contributed by atoms with E-state index in [1.165, 1.54) is 55.6 Å². The number of fused-ring (bicyclic) bond motifs is 20. The van der Waals surface area contributed by atoms with Crippen molar-refractivity contribution in [3.63, 3.8) is 0 Å². The molecule has 8 nitrogen and oxygen atoms in total. The van der Waals surface area contributed by atoms with E-state index in [1.54, 1.807) is 13.0 Å². The van der Waals surface area contributed by atoms with Crippen LogP contribution in [0.1, 0.15) is 133 Å². The largest absolute Gasteiger partial charge is 0.455 e. The van der Waals surface area contributed by atoms with Crippen LogP contribution < -0.4 is 18.3 Å². The number of benzene rings is 12. The zero-order chi connectivity index (χ0) is 84.7. The molecule has 8 aromatic heterocycles. The third-order valence-electron chi connectivity index (χ3n) is 23.5. The molecule has 0 saturated heterocycles. The highest BCUT2D eigenvalue weighted by molar-refractivity contribution is 6.24. The second kappa shape index (κ2) is 29.3. The highest BCUT2D eigenvalue weighted by Crippen LogP contribution is 2.46. The smallest absolute Gasteiger partial charge is 0.216 e. The van der Waals surface area contributed by atoms with Gasteiger partial charge in [-0.15, -0.1) is 0 Å². The first kappa shape index (κ1) is 63.2. The lowest BCUT2D eigenvalue weighted by atomic mass is 9.94. The molecule has 1 saturated carbocycles. The van der Waals surface area contributed by atoms with Gasteiger partial charge in [0.25, 0.3) is 0 Å². The molecule has 1 aliphatic carbocycles. The van der Waals surface area contributed by atoms with Gasteiger partial charge in [-0.25, -0.2) is 18.3 Å². The molecule has 1 atom stereocenters. The van der Waals surface area contributed by atoms with Crippen LogP contribution in [0, 0.1) is 27.7 Å². The van der Waals surface area contributed by atoms with Crippen molar-refractivity contribution in [1.82, 2.24) is 0 Å². The van der Waals surface area contributed by atoms with E-state index in [2.05, 4.69) is 231 Å². The van der Waals surface area contributed by atoms with E-state index < -0.39 is 30.9 Å². The number of hydrogen-bond donors (Lipinski definition) is 0. The third-order valence-corrected chi connectivity index (χ3v) is 23.5. The van der Waals surface area contributed by atoms with Crippen LogP contribution in [0.5, 0.6) is 0 Å². The summed E-state index contributed by atoms with van der Waals surface area (Å²) in [4.78, 5) is 0. The highest BCUT2D eigenvalue weighted by Gasteiger charge is 2.29. The minimum absolute atomic E-state index is 0.448. The lowest BCUT2D eigenvalue weighted by Gasteiger charge is -2.11. The standard InChI is InChI=1S/C28H26NO.2C26H24NO.C25H22NO/c1-18-11-13-23-27-22-10-6-5-9-20(22)12-14-25(27)30-28(23)26(18)24-17-21(15-16-29(24)2)19-7-3-4-8-19;2*1-16(2)19-13-14-27(4)22(15-19)24-17(3)9-11-21-25-20-8-6-5-7-18(20)10-12-23(25)28-26(21)24;1-4-17-13-14-26(3)21(15-17)23-16(2)9-11-20-24-19-8-6-5-7-18(19)10-12-22(24)27-25(20)23/h5-6,9-17,19H,3-4,7-8H2,1-2H3;2*5-16H,1-4H3;5-15H,4H2,1-3H3/q4*+1/i19D;1D3,16D;16D;4D2. The Kier molecular flexibility index (Phi) is 16.4. The molecule has 12 aromatic carbocycles. The van der Waals surface area contributed by atoms with Crippen molar-refractivity contribution in [2.24, 2.45) is 28.2 Å². The summed E-state index contributed by atoms with van der Waals surface area (Å²) in [5.74, 6) is -2.84. The van der Waals surface area contributed by atoms with Crippen LogP contribution in [0.3, 0.4) is 0 Å². The minimum Gasteiger partial charge on any atom is -0.455 e. The summed E-state index contributed by atoms with van der Waals surface area (Å²) < 4.78 is 99.8. The Morgan fingerprint density at radius 1 is 0.363 bits per heavy atom. The lowest BCUT2D eigenvalue weighted by molar-refractivity contribution is -0.660. The number of pyridine rings is 4. The summed E-state index contributed by atoms with van der Waals surface area (Å²) in [7, 11) is 8.04. The topological polar surface area (TPSA) is 68.1 Å². The van der Waals surface area contributed by atoms with Crippen molar-refractivity contribution < 1.29 is 46.9 Å². The van der Waals surface area contributed by atoms with E-state index in [9.17, 15) is 0 Å². The minimum atomic E-state index is -2.44. The molecule has 0 spiro atoms. The molecular weight excluding hydrogens is 1380 g/mol. The van der Waals surface area contributed by atoms with Gasteiger partial charge in [0.15, 0.2) is 24.8 Å². The van der Waals surface area contributed by atoms with Gasteiger partial charge in [0.2, 0.25) is 22.8 Å². The molecule has 1 unspecified atom stereocenters. The van der Waals surface area contributed by atoms with Crippen LogP contribution in [0.25, 0.3) is 176 Å². The first-order valence-corrected chi connectivity index (χ1v) is 39.2. The Morgan fingerprint density at radius 2 is 0.673 bits per heavy atom. The van der Waals surface area contributed by atoms with Crippen molar-refractivity contribution in [3.05, 3.63) is 312 Å². The summed E-state index contributed by atoms with van der Waals surface area (Å²) >= 11 is 0. The summed E-state index contributed by atoms with van der Waals surface area (Å²) in [5, 5.41) is 18.5. The van der Waals surface area contributed by atoms with Crippen molar-refractivity contribution in [1.29, 1.82) is 0 Å². The zero-order valence-corrected chi connectivity index (χ0v) is 66.2. The third kappa shape index (κ3) is 12.7. The van der Waals surface area contributed by atoms with Gasteiger partial charge in [-0.2, -0.15) is 0 Å². The molecule has 21 rings (SSSR count). The number of aryl methyl sites for hydroxylation is 9. The van der Waals surface area contributed by atoms with Crippen LogP contribution in [0.15, 0.2) is 285 Å². The fraction of sp³-hybridized carbons (Fsp3) is 0.200. The van der Waals surface area contributed by atoms with Crippen molar-refractivity contribution >= 4 is 131 Å². The molecule has 0 radical (unpaired) electrons. The Bertz CT molecular complexity index is 7380. The quantitative estimate of drug-likeness (QED) is 0.142. The lowest BCUT2D eigenvalue weighted by Crippen LogP contribution is -2.31. The second-order valence-corrected chi connectivity index (χ2v) is 30.9. The van der Waals surface area contributed by atoms with Crippen LogP contribution >= 0.6 is 0 Å². The Morgan fingerprint density at radius 3 is 1.01 bits per heavy atom. The maximum Gasteiger partial charge on any atom is 0.216 e. The maximum absolute atomic E-state index is 9.01. The van der Waals surface area contributed by atoms with Crippen LogP contribution in [0.2, 0.25) is 0 Å². The van der Waals surface area contributed by atoms with E-state index in [0.29, 0.717) is 11.1 Å². The predicted octanol–water partition coefficient (Wildman–Crippen LogP) is 26.6. The molecule has 8 heterocycles. The fourth-order valence-corrected chi connectivity index (χ4v) is 17.4. The van der Waals surface area contributed by atoms with Crippen LogP contribution in [-0.2, 0) is 34.6 Å². The second-order valence-electron chi connectivity index (χ2n) is 30.9. The van der Waals surface area contributed by atoms with Gasteiger partial charge in [0.05, 0.1) is 22.3 Å². The molecule has 8 heteroatoms. The van der Waals surface area contributed by atoms with Gasteiger partial charge < -0.3 is 17.7 Å². The molecule has 1 fully saturated rings. The Hall–Kier alpha value is -12.5. The van der Waals surface area contributed by atoms with Gasteiger partial charge in [0, 0.05) is 103 Å². The maximum atomic E-state index is 9.01. The van der Waals surface area contributed by atoms with Crippen LogP contribution in [-0.4, -0.2) is 0 Å². The van der Waals surface area contributed by atoms with E-state index in [4.69, 9.17) is 28.6 Å². The number of rotatable bonds is 8. The van der Waals surface area contributed by atoms with Crippen molar-refractivity contribution in [2.45, 2.75) is 112 Å². The number of hydrogen-bond acceptors (Lipinski definition) is 4. The summed E-state index contributed by atoms with van der Waals surface area (Å²) in [6.45, 7) is 12.8. The van der Waals surface area contributed by atoms with Gasteiger partial charge in [-0.05, 0) is 176 Å². The Balaban J connectivity index is 0.000000111. The van der Waals surface area contributed by atoms with Crippen LogP contribution in [0.4, 0.5) is 0 Å². The Labute approximate surface area is 671 Å². The first-order valence-electron chi connectivity index (χ1n) is 43.2. The van der Waals surface area contributed by atoms with E-state index in [-0.39, 0.29) is 0 Å². The zero-order valence-electron chi connectivity index (χ0n) is 74.2. The average molecular weight is 1490 g/mol. The highest BCUT2D eigenvalue weighted by atomic mass is 16.3. The number of nitrogens with zero attached hydrogens (tertiary/aromatic N) is 4. The predicted molar refractivity (Wildman–Crippen MR) is 469 cm³/mol. The van der Waals surface area contributed by atoms with E-state index in [0.717, 1.165) is 186 Å². The molecule has 0 bridgehead atoms. The summed E-state index contributed by atoms with van der Waals surface area (Å²) in [6, 6.07) is 83.2. The number of aromatic nitrogens is 4. The van der Waals surface area contributed by atoms with E-state index >= 15 is 0 Å². The molecular formula is C105H96N4O4+4. The van der Waals surface area contributed by atoms with Gasteiger partial charge in [-0.3, -0.25) is 0 Å². The fourth-order valence-electron chi connectivity index (χ4n) is 17.4. The van der Waals surface area contributed by atoms with Gasteiger partial charge in [0.1, 0.15) is 72.9 Å². The summed E-state index contributed by atoms with van der Waals surface area (Å²) in [5.41, 5.74) is 22.8. The molecule has 1 aliphatic rings. The summed E-state index contributed by atoms with van der Waals surface area (Å²) in [6.07, 6.45) is 10.7. The van der Waals surface area contributed by atoms with Crippen molar-refractivity contribution in [3.8, 4) is 45.0 Å². The molecule has 556 valence electrons. The van der Waals surface area contributed by atoms with E-state index in [1.807, 2.05) is 118 Å². The monoisotopic (exact) mass is 1480 g/mol. The number of furan rings is 4. The van der Waals surface area contributed by atoms with Crippen molar-refractivity contribution in [2.75, 3.05) is 0 Å². The SMILES string of the molecule is [2H]C(C)(C)c1cc[n+](C)c(-c2c(C)ccc3c2oc2ccc4ccccc4c23)c1.[2H]C([2H])(C)c1cc[n+](C)c(-c2c(C)ccc3c2oc2ccc4ccccc4c23)c1.[2H]C([2H])([2H])C([2H])(C)c1cc[n+](C)c(-c2c(C)ccc3c2oc2ccc4ccccc4c23)c1.[2H]C1(c2cc[n+](C)c(-c3c(C)ccc4c3oc3ccc5ccccc5c34)c2)CCCC1. The average Bonchev–Trinajstić information content (AvgIpc) is 1.62. The first-order chi connectivity index (χ1) is 57.8. The molecule has 0 N–H and O–H groups in total. The van der Waals surface area contributed by atoms with Gasteiger partial charge in [-0.1, -0.05) is 217 Å². The van der Waals surface area contributed by atoms with Gasteiger partial charge >= 0.3 is 0 Å². The molecule has 20 aromatic rings. The normalized spacial score (nSPS) is 14.8. The molecule has 0 aliphatic heterocycles.